The Bertz CT molecular complexity index is 450. The van der Waals surface area contributed by atoms with E-state index in [0.29, 0.717) is 16.0 Å². The third kappa shape index (κ3) is 3.63. The van der Waals surface area contributed by atoms with Crippen LogP contribution < -0.4 is 0 Å². The van der Waals surface area contributed by atoms with E-state index in [1.54, 1.807) is 18.2 Å². The molecule has 0 saturated heterocycles. The normalized spacial score (nSPS) is 10.7. The molecule has 0 N–H and O–H groups in total. The summed E-state index contributed by atoms with van der Waals surface area (Å²) in [6.45, 7) is 5.45. The Morgan fingerprint density at radius 2 is 2.00 bits per heavy atom. The van der Waals surface area contributed by atoms with Crippen molar-refractivity contribution < 1.29 is 9.53 Å². The molecule has 0 saturated carbocycles. The summed E-state index contributed by atoms with van der Waals surface area (Å²) in [5.41, 5.74) is 0.531. The van der Waals surface area contributed by atoms with Gasteiger partial charge in [-0.05, 0) is 39.0 Å². The SMILES string of the molecule is C#Cc1cc(S)cc(C(=O)OC(C)(C)C)c1. The molecule has 0 fully saturated rings. The third-order valence-electron chi connectivity index (χ3n) is 1.72. The fraction of sp³-hybridized carbons (Fsp3) is 0.308. The second-order valence-electron chi connectivity index (χ2n) is 4.41. The molecule has 1 rings (SSSR count). The number of benzene rings is 1. The molecule has 0 unspecified atom stereocenters. The van der Waals surface area contributed by atoms with Crippen LogP contribution in [-0.4, -0.2) is 11.6 Å². The number of rotatable bonds is 1. The van der Waals surface area contributed by atoms with Gasteiger partial charge in [-0.25, -0.2) is 4.79 Å². The Balaban J connectivity index is 3.01. The minimum atomic E-state index is -0.514. The molecule has 0 spiro atoms. The van der Waals surface area contributed by atoms with Gasteiger partial charge in [-0.2, -0.15) is 0 Å². The van der Waals surface area contributed by atoms with Crippen molar-refractivity contribution in [1.82, 2.24) is 0 Å². The Morgan fingerprint density at radius 3 is 2.50 bits per heavy atom. The number of terminal acetylenes is 1. The highest BCUT2D eigenvalue weighted by Gasteiger charge is 2.18. The highest BCUT2D eigenvalue weighted by Crippen LogP contribution is 2.17. The summed E-state index contributed by atoms with van der Waals surface area (Å²) in [6.07, 6.45) is 5.28. The van der Waals surface area contributed by atoms with Gasteiger partial charge in [-0.15, -0.1) is 19.1 Å². The lowest BCUT2D eigenvalue weighted by molar-refractivity contribution is 0.00692. The smallest absolute Gasteiger partial charge is 0.338 e. The van der Waals surface area contributed by atoms with Gasteiger partial charge in [-0.3, -0.25) is 0 Å². The van der Waals surface area contributed by atoms with Crippen LogP contribution >= 0.6 is 12.6 Å². The van der Waals surface area contributed by atoms with Crippen molar-refractivity contribution in [3.05, 3.63) is 29.3 Å². The van der Waals surface area contributed by atoms with Gasteiger partial charge >= 0.3 is 5.97 Å². The van der Waals surface area contributed by atoms with Gasteiger partial charge < -0.3 is 4.74 Å². The molecule has 1 aromatic carbocycles. The molecule has 2 nitrogen and oxygen atoms in total. The lowest BCUT2D eigenvalue weighted by atomic mass is 10.1. The third-order valence-corrected chi connectivity index (χ3v) is 1.98. The van der Waals surface area contributed by atoms with Gasteiger partial charge in [0.15, 0.2) is 0 Å². The molecule has 0 amide bonds. The van der Waals surface area contributed by atoms with E-state index in [2.05, 4.69) is 18.5 Å². The van der Waals surface area contributed by atoms with E-state index in [0.717, 1.165) is 0 Å². The van der Waals surface area contributed by atoms with Crippen molar-refractivity contribution in [3.63, 3.8) is 0 Å². The molecule has 0 aliphatic rings. The molecule has 16 heavy (non-hydrogen) atoms. The first-order valence-electron chi connectivity index (χ1n) is 4.86. The van der Waals surface area contributed by atoms with Crippen molar-refractivity contribution in [2.24, 2.45) is 0 Å². The number of carbonyl (C=O) groups excluding carboxylic acids is 1. The quantitative estimate of drug-likeness (QED) is 0.459. The number of carbonyl (C=O) groups is 1. The minimum absolute atomic E-state index is 0.389. The van der Waals surface area contributed by atoms with E-state index in [1.807, 2.05) is 20.8 Å². The molecule has 0 radical (unpaired) electrons. The van der Waals surface area contributed by atoms with Crippen molar-refractivity contribution >= 4 is 18.6 Å². The van der Waals surface area contributed by atoms with Crippen molar-refractivity contribution in [2.75, 3.05) is 0 Å². The molecule has 1 aromatic rings. The zero-order valence-corrected chi connectivity index (χ0v) is 10.5. The van der Waals surface area contributed by atoms with Crippen LogP contribution in [0.15, 0.2) is 23.1 Å². The summed E-state index contributed by atoms with van der Waals surface area (Å²) in [5.74, 6) is 2.08. The van der Waals surface area contributed by atoms with Crippen molar-refractivity contribution in [2.45, 2.75) is 31.3 Å². The standard InChI is InChI=1S/C13H14O2S/c1-5-9-6-10(8-11(16)7-9)12(14)15-13(2,3)4/h1,6-8,16H,2-4H3. The van der Waals surface area contributed by atoms with Crippen LogP contribution in [0.4, 0.5) is 0 Å². The average molecular weight is 234 g/mol. The van der Waals surface area contributed by atoms with E-state index < -0.39 is 5.60 Å². The van der Waals surface area contributed by atoms with Gasteiger partial charge in [0, 0.05) is 10.5 Å². The van der Waals surface area contributed by atoms with E-state index in [-0.39, 0.29) is 5.97 Å². The highest BCUT2D eigenvalue weighted by molar-refractivity contribution is 7.80. The van der Waals surface area contributed by atoms with Gasteiger partial charge in [0.1, 0.15) is 5.60 Å². The summed E-state index contributed by atoms with van der Waals surface area (Å²) in [4.78, 5) is 12.4. The van der Waals surface area contributed by atoms with Crippen molar-refractivity contribution in [3.8, 4) is 12.3 Å². The van der Waals surface area contributed by atoms with Crippen LogP contribution in [-0.2, 0) is 4.74 Å². The predicted molar refractivity (Wildman–Crippen MR) is 66.8 cm³/mol. The van der Waals surface area contributed by atoms with Crippen LogP contribution in [0, 0.1) is 12.3 Å². The molecule has 3 heteroatoms. The molecule has 0 bridgehead atoms. The maximum Gasteiger partial charge on any atom is 0.338 e. The topological polar surface area (TPSA) is 26.3 Å². The number of thiol groups is 1. The minimum Gasteiger partial charge on any atom is -0.456 e. The Hall–Kier alpha value is -1.40. The predicted octanol–water partition coefficient (Wildman–Crippen LogP) is 2.91. The highest BCUT2D eigenvalue weighted by atomic mass is 32.1. The Kier molecular flexibility index (Phi) is 3.66. The number of esters is 1. The summed E-state index contributed by atoms with van der Waals surface area (Å²) < 4.78 is 5.24. The van der Waals surface area contributed by atoms with Crippen LogP contribution in [0.1, 0.15) is 36.7 Å². The lowest BCUT2D eigenvalue weighted by Gasteiger charge is -2.19. The first-order valence-corrected chi connectivity index (χ1v) is 5.30. The molecule has 0 aliphatic heterocycles. The molecule has 0 heterocycles. The lowest BCUT2D eigenvalue weighted by Crippen LogP contribution is -2.23. The second kappa shape index (κ2) is 4.63. The van der Waals surface area contributed by atoms with Crippen molar-refractivity contribution in [1.29, 1.82) is 0 Å². The molecular weight excluding hydrogens is 220 g/mol. The number of hydrogen-bond acceptors (Lipinski definition) is 3. The molecule has 0 aliphatic carbocycles. The van der Waals surface area contributed by atoms with E-state index in [1.165, 1.54) is 0 Å². The second-order valence-corrected chi connectivity index (χ2v) is 4.93. The Labute approximate surface area is 101 Å². The average Bonchev–Trinajstić information content (AvgIpc) is 2.14. The summed E-state index contributed by atoms with van der Waals surface area (Å²) >= 11 is 4.18. The van der Waals surface area contributed by atoms with Crippen LogP contribution in [0.5, 0.6) is 0 Å². The maximum atomic E-state index is 11.8. The first-order chi connectivity index (χ1) is 7.31. The molecular formula is C13H14O2S. The first kappa shape index (κ1) is 12.7. The van der Waals surface area contributed by atoms with E-state index in [9.17, 15) is 4.79 Å². The van der Waals surface area contributed by atoms with E-state index >= 15 is 0 Å². The fourth-order valence-corrected chi connectivity index (χ4v) is 1.43. The number of ether oxygens (including phenoxy) is 1. The summed E-state index contributed by atoms with van der Waals surface area (Å²) in [6, 6.07) is 4.97. The summed E-state index contributed by atoms with van der Waals surface area (Å²) in [7, 11) is 0. The van der Waals surface area contributed by atoms with Gasteiger partial charge in [-0.1, -0.05) is 5.92 Å². The van der Waals surface area contributed by atoms with Gasteiger partial charge in [0.25, 0.3) is 0 Å². The van der Waals surface area contributed by atoms with Gasteiger partial charge in [0.05, 0.1) is 5.56 Å². The Morgan fingerprint density at radius 1 is 1.38 bits per heavy atom. The molecule has 0 aromatic heterocycles. The molecule has 84 valence electrons. The van der Waals surface area contributed by atoms with Crippen LogP contribution in [0.3, 0.4) is 0 Å². The number of hydrogen-bond donors (Lipinski definition) is 1. The van der Waals surface area contributed by atoms with Crippen LogP contribution in [0.25, 0.3) is 0 Å². The summed E-state index contributed by atoms with van der Waals surface area (Å²) in [5, 5.41) is 0. The zero-order valence-electron chi connectivity index (χ0n) is 9.57. The monoisotopic (exact) mass is 234 g/mol. The van der Waals surface area contributed by atoms with Gasteiger partial charge in [0.2, 0.25) is 0 Å². The fourth-order valence-electron chi connectivity index (χ4n) is 1.15. The maximum absolute atomic E-state index is 11.8. The van der Waals surface area contributed by atoms with E-state index in [4.69, 9.17) is 11.2 Å². The zero-order chi connectivity index (χ0) is 12.3. The largest absolute Gasteiger partial charge is 0.456 e. The molecule has 0 atom stereocenters. The van der Waals surface area contributed by atoms with Crippen LogP contribution in [0.2, 0.25) is 0 Å².